The van der Waals surface area contributed by atoms with Crippen LogP contribution in [0.25, 0.3) is 5.69 Å². The number of nitrogens with one attached hydrogen (secondary N) is 2. The molecule has 1 aromatic heterocycles. The number of esters is 1. The van der Waals surface area contributed by atoms with Crippen molar-refractivity contribution in [1.29, 1.82) is 0 Å². The first-order chi connectivity index (χ1) is 15.5. The summed E-state index contributed by atoms with van der Waals surface area (Å²) in [5, 5.41) is 10.3. The summed E-state index contributed by atoms with van der Waals surface area (Å²) in [5.41, 5.74) is 3.72. The summed E-state index contributed by atoms with van der Waals surface area (Å²) < 4.78 is 6.91. The molecule has 0 saturated heterocycles. The lowest BCUT2D eigenvalue weighted by Crippen LogP contribution is -2.36. The van der Waals surface area contributed by atoms with E-state index in [9.17, 15) is 9.59 Å². The van der Waals surface area contributed by atoms with Crippen LogP contribution in [0, 0.1) is 0 Å². The summed E-state index contributed by atoms with van der Waals surface area (Å²) in [6, 6.07) is 17.0. The molecule has 8 heteroatoms. The van der Waals surface area contributed by atoms with Gasteiger partial charge in [-0.25, -0.2) is 14.5 Å². The minimum Gasteiger partial charge on any atom is -0.462 e. The summed E-state index contributed by atoms with van der Waals surface area (Å²) in [5.74, 6) is -0.717. The van der Waals surface area contributed by atoms with E-state index in [1.807, 2.05) is 48.5 Å². The molecule has 0 saturated carbocycles. The highest BCUT2D eigenvalue weighted by Crippen LogP contribution is 2.30. The second-order valence-corrected chi connectivity index (χ2v) is 7.18. The number of hydrogen-bond donors (Lipinski definition) is 2. The molecule has 4 rings (SSSR count). The van der Waals surface area contributed by atoms with Crippen LogP contribution in [-0.2, 0) is 20.7 Å². The molecule has 0 bridgehead atoms. The van der Waals surface area contributed by atoms with Gasteiger partial charge < -0.3 is 15.4 Å². The van der Waals surface area contributed by atoms with E-state index in [1.165, 1.54) is 0 Å². The summed E-state index contributed by atoms with van der Waals surface area (Å²) in [4.78, 5) is 30.1. The van der Waals surface area contributed by atoms with Gasteiger partial charge >= 0.3 is 5.97 Å². The van der Waals surface area contributed by atoms with E-state index in [1.54, 1.807) is 37.0 Å². The molecular weight excluding hydrogens is 406 g/mol. The molecule has 1 aliphatic rings. The lowest BCUT2D eigenvalue weighted by atomic mass is 10.1. The number of allylic oxidation sites excluding steroid dienone is 1. The van der Waals surface area contributed by atoms with Crippen molar-refractivity contribution >= 4 is 29.1 Å². The van der Waals surface area contributed by atoms with Gasteiger partial charge in [-0.2, -0.15) is 5.10 Å². The lowest BCUT2D eigenvalue weighted by molar-refractivity contribution is -0.137. The molecule has 0 atom stereocenters. The number of aliphatic imine (C=N–C) groups is 1. The fourth-order valence-corrected chi connectivity index (χ4v) is 3.37. The minimum absolute atomic E-state index is 0.0794. The van der Waals surface area contributed by atoms with E-state index in [0.29, 0.717) is 11.4 Å². The topological polar surface area (TPSA) is 97.6 Å². The number of amidine groups is 1. The van der Waals surface area contributed by atoms with Gasteiger partial charge in [0.2, 0.25) is 5.91 Å². The Hall–Kier alpha value is -4.20. The molecule has 0 radical (unpaired) electrons. The highest BCUT2D eigenvalue weighted by molar-refractivity contribution is 6.24. The van der Waals surface area contributed by atoms with Crippen molar-refractivity contribution < 1.29 is 14.3 Å². The Kier molecular flexibility index (Phi) is 6.12. The summed E-state index contributed by atoms with van der Waals surface area (Å²) >= 11 is 0. The fourth-order valence-electron chi connectivity index (χ4n) is 3.37. The summed E-state index contributed by atoms with van der Waals surface area (Å²) in [6.45, 7) is 3.69. The molecule has 2 aromatic carbocycles. The van der Waals surface area contributed by atoms with Gasteiger partial charge in [0.15, 0.2) is 0 Å². The number of benzene rings is 2. The van der Waals surface area contributed by atoms with E-state index in [0.717, 1.165) is 16.9 Å². The van der Waals surface area contributed by atoms with Crippen LogP contribution in [0.15, 0.2) is 83.3 Å². The maximum absolute atomic E-state index is 12.9. The number of ether oxygens (including phenoxy) is 1. The quantitative estimate of drug-likeness (QED) is 0.605. The predicted octanol–water partition coefficient (Wildman–Crippen LogP) is 3.52. The van der Waals surface area contributed by atoms with Crippen molar-refractivity contribution in [2.45, 2.75) is 20.3 Å². The zero-order chi connectivity index (χ0) is 22.5. The van der Waals surface area contributed by atoms with Crippen LogP contribution in [0.1, 0.15) is 19.4 Å². The molecule has 8 nitrogen and oxygen atoms in total. The normalized spacial score (nSPS) is 12.9. The number of carbonyl (C=O) groups excluding carboxylic acids is 2. The molecule has 2 heterocycles. The minimum atomic E-state index is -0.554. The van der Waals surface area contributed by atoms with E-state index < -0.39 is 5.97 Å². The third-order valence-electron chi connectivity index (χ3n) is 4.83. The van der Waals surface area contributed by atoms with Gasteiger partial charge in [-0.1, -0.05) is 30.3 Å². The van der Waals surface area contributed by atoms with Crippen LogP contribution >= 0.6 is 0 Å². The third kappa shape index (κ3) is 4.59. The number of nitrogens with zero attached hydrogens (tertiary/aromatic N) is 3. The van der Waals surface area contributed by atoms with Crippen molar-refractivity contribution in [2.75, 3.05) is 11.9 Å². The largest absolute Gasteiger partial charge is 0.462 e. The number of rotatable bonds is 5. The van der Waals surface area contributed by atoms with Crippen molar-refractivity contribution in [3.05, 3.63) is 83.8 Å². The molecule has 0 unspecified atom stereocenters. The molecule has 0 fully saturated rings. The number of aromatic nitrogens is 2. The highest BCUT2D eigenvalue weighted by Gasteiger charge is 2.26. The average Bonchev–Trinajstić information content (AvgIpc) is 3.18. The monoisotopic (exact) mass is 429 g/mol. The molecule has 0 aliphatic carbocycles. The highest BCUT2D eigenvalue weighted by atomic mass is 16.5. The van der Waals surface area contributed by atoms with Crippen molar-refractivity contribution in [3.8, 4) is 5.69 Å². The molecular formula is C24H23N5O3. The standard InChI is InChI=1S/C24H23N5O3/c1-3-32-24(31)22-16(2)26-19-11-7-8-12-20(19)27-23(22)28-21(30)13-17-14-25-29(15-17)18-9-5-4-6-10-18/h4-12,14-15,26H,3,13H2,1-2H3,(H,27,28,30). The SMILES string of the molecule is CCOC(=O)C1=C(C)Nc2ccccc2N=C1NC(=O)Cc1cnn(-c2ccccc2)c1. The first-order valence-corrected chi connectivity index (χ1v) is 10.3. The zero-order valence-electron chi connectivity index (χ0n) is 17.8. The first kappa shape index (κ1) is 21.0. The maximum atomic E-state index is 12.9. The molecule has 32 heavy (non-hydrogen) atoms. The summed E-state index contributed by atoms with van der Waals surface area (Å²) in [7, 11) is 0. The van der Waals surface area contributed by atoms with Crippen molar-refractivity contribution in [3.63, 3.8) is 0 Å². The Bertz CT molecular complexity index is 1210. The van der Waals surface area contributed by atoms with E-state index >= 15 is 0 Å². The number of carbonyl (C=O) groups is 2. The van der Waals surface area contributed by atoms with E-state index in [2.05, 4.69) is 20.7 Å². The van der Waals surface area contributed by atoms with Crippen LogP contribution in [0.4, 0.5) is 11.4 Å². The number of anilines is 1. The Balaban J connectivity index is 1.58. The van der Waals surface area contributed by atoms with Gasteiger partial charge in [-0.3, -0.25) is 4.79 Å². The predicted molar refractivity (Wildman–Crippen MR) is 122 cm³/mol. The van der Waals surface area contributed by atoms with Gasteiger partial charge in [-0.05, 0) is 43.7 Å². The van der Waals surface area contributed by atoms with Gasteiger partial charge in [0.05, 0.1) is 36.3 Å². The number of amides is 1. The van der Waals surface area contributed by atoms with Crippen LogP contribution in [0.2, 0.25) is 0 Å². The molecule has 3 aromatic rings. The van der Waals surface area contributed by atoms with E-state index in [-0.39, 0.29) is 30.3 Å². The first-order valence-electron chi connectivity index (χ1n) is 10.3. The van der Waals surface area contributed by atoms with Gasteiger partial charge in [0, 0.05) is 11.9 Å². The van der Waals surface area contributed by atoms with Gasteiger partial charge in [0.1, 0.15) is 11.4 Å². The Morgan fingerprint density at radius 2 is 1.84 bits per heavy atom. The molecule has 162 valence electrons. The number of fused-ring (bicyclic) bond motifs is 1. The van der Waals surface area contributed by atoms with Gasteiger partial charge in [-0.15, -0.1) is 0 Å². The average molecular weight is 429 g/mol. The smallest absolute Gasteiger partial charge is 0.343 e. The maximum Gasteiger partial charge on any atom is 0.343 e. The zero-order valence-corrected chi connectivity index (χ0v) is 17.8. The molecule has 0 spiro atoms. The molecule has 1 aliphatic heterocycles. The third-order valence-corrected chi connectivity index (χ3v) is 4.83. The second kappa shape index (κ2) is 9.30. The van der Waals surface area contributed by atoms with Crippen LogP contribution in [0.3, 0.4) is 0 Å². The Labute approximate surface area is 185 Å². The van der Waals surface area contributed by atoms with Crippen molar-refractivity contribution in [2.24, 2.45) is 4.99 Å². The number of hydrogen-bond acceptors (Lipinski definition) is 6. The second-order valence-electron chi connectivity index (χ2n) is 7.18. The van der Waals surface area contributed by atoms with Crippen LogP contribution in [-0.4, -0.2) is 34.1 Å². The lowest BCUT2D eigenvalue weighted by Gasteiger charge is -2.13. The number of para-hydroxylation sites is 3. The van der Waals surface area contributed by atoms with Crippen LogP contribution in [0.5, 0.6) is 0 Å². The molecule has 1 amide bonds. The van der Waals surface area contributed by atoms with Crippen molar-refractivity contribution in [1.82, 2.24) is 15.1 Å². The van der Waals surface area contributed by atoms with E-state index in [4.69, 9.17) is 4.74 Å². The fraction of sp³-hybridized carbons (Fsp3) is 0.167. The Morgan fingerprint density at radius 1 is 1.09 bits per heavy atom. The summed E-state index contributed by atoms with van der Waals surface area (Å²) in [6.07, 6.45) is 3.52. The van der Waals surface area contributed by atoms with Gasteiger partial charge in [0.25, 0.3) is 0 Å². The van der Waals surface area contributed by atoms with Crippen LogP contribution < -0.4 is 10.6 Å². The Morgan fingerprint density at radius 3 is 2.62 bits per heavy atom. The molecule has 2 N–H and O–H groups in total.